The minimum atomic E-state index is 0.218. The van der Waals surface area contributed by atoms with E-state index in [2.05, 4.69) is 19.1 Å². The smallest absolute Gasteiger partial charge is 0.0406 e. The van der Waals surface area contributed by atoms with Gasteiger partial charge >= 0.3 is 0 Å². The number of benzene rings is 1. The summed E-state index contributed by atoms with van der Waals surface area (Å²) in [6.45, 7) is 4.19. The topological polar surface area (TPSA) is 0 Å². The van der Waals surface area contributed by atoms with Crippen LogP contribution in [0.2, 0.25) is 5.02 Å². The van der Waals surface area contributed by atoms with E-state index in [-0.39, 0.29) is 5.38 Å². The summed E-state index contributed by atoms with van der Waals surface area (Å²) >= 11 is 11.8. The monoisotopic (exact) mass is 216 g/mol. The van der Waals surface area contributed by atoms with Crippen LogP contribution in [-0.2, 0) is 6.42 Å². The molecule has 2 atom stereocenters. The summed E-state index contributed by atoms with van der Waals surface area (Å²) in [5.74, 6) is 0.503. The summed E-state index contributed by atoms with van der Waals surface area (Å²) in [5, 5.41) is 1.01. The summed E-state index contributed by atoms with van der Waals surface area (Å²) in [7, 11) is 0. The zero-order valence-corrected chi connectivity index (χ0v) is 9.44. The van der Waals surface area contributed by atoms with E-state index in [0.29, 0.717) is 5.92 Å². The Kier molecular flexibility index (Phi) is 4.08. The fraction of sp³-hybridized carbons (Fsp3) is 0.455. The van der Waals surface area contributed by atoms with Crippen LogP contribution in [0, 0.1) is 5.92 Å². The molecule has 0 saturated heterocycles. The standard InChI is InChI=1S/C11H14Cl2/c1-8(9(2)12)7-10-3-5-11(13)6-4-10/h3-6,8-9H,7H2,1-2H3. The van der Waals surface area contributed by atoms with Gasteiger partial charge in [0.15, 0.2) is 0 Å². The Labute approximate surface area is 89.9 Å². The van der Waals surface area contributed by atoms with E-state index in [4.69, 9.17) is 23.2 Å². The van der Waals surface area contributed by atoms with Gasteiger partial charge in [0.05, 0.1) is 0 Å². The molecule has 0 aliphatic rings. The molecule has 2 heteroatoms. The van der Waals surface area contributed by atoms with Crippen LogP contribution in [0.1, 0.15) is 19.4 Å². The molecule has 0 amide bonds. The highest BCUT2D eigenvalue weighted by Crippen LogP contribution is 2.17. The van der Waals surface area contributed by atoms with E-state index in [1.807, 2.05) is 19.1 Å². The highest BCUT2D eigenvalue weighted by atomic mass is 35.5. The molecule has 0 nitrogen and oxygen atoms in total. The molecule has 0 fully saturated rings. The third-order valence-corrected chi connectivity index (χ3v) is 2.94. The molecule has 1 aromatic rings. The lowest BCUT2D eigenvalue weighted by Crippen LogP contribution is -2.09. The molecule has 0 aliphatic carbocycles. The predicted molar refractivity (Wildman–Crippen MR) is 59.6 cm³/mol. The van der Waals surface area contributed by atoms with Crippen LogP contribution in [0.3, 0.4) is 0 Å². The quantitative estimate of drug-likeness (QED) is 0.667. The van der Waals surface area contributed by atoms with Gasteiger partial charge in [0.25, 0.3) is 0 Å². The Morgan fingerprint density at radius 1 is 1.15 bits per heavy atom. The molecule has 2 unspecified atom stereocenters. The van der Waals surface area contributed by atoms with Crippen molar-refractivity contribution < 1.29 is 0 Å². The molecule has 0 radical (unpaired) electrons. The largest absolute Gasteiger partial charge is 0.123 e. The first-order valence-corrected chi connectivity index (χ1v) is 5.29. The van der Waals surface area contributed by atoms with E-state index in [1.54, 1.807) is 0 Å². The molecule has 0 bridgehead atoms. The van der Waals surface area contributed by atoms with Crippen molar-refractivity contribution in [2.24, 2.45) is 5.92 Å². The molecule has 0 heterocycles. The molecule has 0 aromatic heterocycles. The molecule has 0 spiro atoms. The average Bonchev–Trinajstić information content (AvgIpc) is 2.08. The Bertz CT molecular complexity index is 251. The van der Waals surface area contributed by atoms with Crippen molar-refractivity contribution in [1.82, 2.24) is 0 Å². The number of alkyl halides is 1. The van der Waals surface area contributed by atoms with Crippen molar-refractivity contribution in [3.8, 4) is 0 Å². The Hall–Kier alpha value is -0.200. The second kappa shape index (κ2) is 4.88. The first kappa shape index (κ1) is 10.9. The van der Waals surface area contributed by atoms with Crippen molar-refractivity contribution in [3.63, 3.8) is 0 Å². The molecule has 72 valence electrons. The van der Waals surface area contributed by atoms with Crippen LogP contribution < -0.4 is 0 Å². The average molecular weight is 217 g/mol. The summed E-state index contributed by atoms with van der Waals surface area (Å²) < 4.78 is 0. The minimum absolute atomic E-state index is 0.218. The lowest BCUT2D eigenvalue weighted by atomic mass is 9.99. The first-order chi connectivity index (χ1) is 6.09. The van der Waals surface area contributed by atoms with Gasteiger partial charge in [-0.1, -0.05) is 30.7 Å². The van der Waals surface area contributed by atoms with Gasteiger partial charge in [0.1, 0.15) is 0 Å². The first-order valence-electron chi connectivity index (χ1n) is 4.48. The van der Waals surface area contributed by atoms with Crippen LogP contribution in [0.15, 0.2) is 24.3 Å². The highest BCUT2D eigenvalue weighted by Gasteiger charge is 2.09. The van der Waals surface area contributed by atoms with Gasteiger partial charge in [-0.15, -0.1) is 11.6 Å². The Balaban J connectivity index is 2.59. The molecule has 0 N–H and O–H groups in total. The van der Waals surface area contributed by atoms with Crippen molar-refractivity contribution in [1.29, 1.82) is 0 Å². The van der Waals surface area contributed by atoms with Crippen LogP contribution in [-0.4, -0.2) is 5.38 Å². The normalized spacial score (nSPS) is 15.4. The van der Waals surface area contributed by atoms with Crippen molar-refractivity contribution in [2.75, 3.05) is 0 Å². The maximum atomic E-state index is 5.98. The fourth-order valence-electron chi connectivity index (χ4n) is 1.15. The molecule has 0 saturated carbocycles. The highest BCUT2D eigenvalue weighted by molar-refractivity contribution is 6.30. The van der Waals surface area contributed by atoms with E-state index in [9.17, 15) is 0 Å². The summed E-state index contributed by atoms with van der Waals surface area (Å²) in [6.07, 6.45) is 1.02. The summed E-state index contributed by atoms with van der Waals surface area (Å²) in [4.78, 5) is 0. The van der Waals surface area contributed by atoms with Crippen LogP contribution in [0.5, 0.6) is 0 Å². The Morgan fingerprint density at radius 3 is 2.15 bits per heavy atom. The van der Waals surface area contributed by atoms with Crippen LogP contribution in [0.25, 0.3) is 0 Å². The lowest BCUT2D eigenvalue weighted by molar-refractivity contribution is 0.568. The second-order valence-corrected chi connectivity index (χ2v) is 4.61. The lowest BCUT2D eigenvalue weighted by Gasteiger charge is -2.13. The number of halogens is 2. The van der Waals surface area contributed by atoms with Gasteiger partial charge in [-0.05, 0) is 37.0 Å². The predicted octanol–water partition coefficient (Wildman–Crippen LogP) is 4.15. The van der Waals surface area contributed by atoms with E-state index >= 15 is 0 Å². The molecule has 0 aliphatic heterocycles. The van der Waals surface area contributed by atoms with Crippen LogP contribution in [0.4, 0.5) is 0 Å². The van der Waals surface area contributed by atoms with E-state index in [0.717, 1.165) is 11.4 Å². The van der Waals surface area contributed by atoms with Gasteiger partial charge in [-0.3, -0.25) is 0 Å². The third-order valence-electron chi connectivity index (χ3n) is 2.26. The zero-order valence-electron chi connectivity index (χ0n) is 7.93. The maximum absolute atomic E-state index is 5.98. The van der Waals surface area contributed by atoms with Gasteiger partial charge < -0.3 is 0 Å². The third kappa shape index (κ3) is 3.58. The minimum Gasteiger partial charge on any atom is -0.123 e. The van der Waals surface area contributed by atoms with Gasteiger partial charge in [-0.2, -0.15) is 0 Å². The van der Waals surface area contributed by atoms with Crippen molar-refractivity contribution in [3.05, 3.63) is 34.9 Å². The Morgan fingerprint density at radius 2 is 1.69 bits per heavy atom. The maximum Gasteiger partial charge on any atom is 0.0406 e. The van der Waals surface area contributed by atoms with Gasteiger partial charge in [-0.25, -0.2) is 0 Å². The SMILES string of the molecule is CC(Cl)C(C)Cc1ccc(Cl)cc1. The van der Waals surface area contributed by atoms with E-state index < -0.39 is 0 Å². The molecular formula is C11H14Cl2. The molecule has 1 rings (SSSR count). The summed E-state index contributed by atoms with van der Waals surface area (Å²) in [6, 6.07) is 7.95. The van der Waals surface area contributed by atoms with E-state index in [1.165, 1.54) is 5.56 Å². The number of rotatable bonds is 3. The molecular weight excluding hydrogens is 203 g/mol. The van der Waals surface area contributed by atoms with Crippen molar-refractivity contribution in [2.45, 2.75) is 25.6 Å². The second-order valence-electron chi connectivity index (χ2n) is 3.49. The van der Waals surface area contributed by atoms with Crippen molar-refractivity contribution >= 4 is 23.2 Å². The van der Waals surface area contributed by atoms with Gasteiger partial charge in [0.2, 0.25) is 0 Å². The molecule has 1 aromatic carbocycles. The number of hydrogen-bond donors (Lipinski definition) is 0. The molecule has 13 heavy (non-hydrogen) atoms. The zero-order chi connectivity index (χ0) is 9.84. The van der Waals surface area contributed by atoms with Gasteiger partial charge in [0, 0.05) is 10.4 Å². The number of hydrogen-bond acceptors (Lipinski definition) is 0. The fourth-order valence-corrected chi connectivity index (χ4v) is 1.37. The van der Waals surface area contributed by atoms with Crippen LogP contribution >= 0.6 is 23.2 Å². The summed E-state index contributed by atoms with van der Waals surface area (Å²) in [5.41, 5.74) is 1.30.